The molecule has 0 aromatic carbocycles. The fraction of sp³-hybridized carbons (Fsp3) is 0.600. The van der Waals surface area contributed by atoms with Crippen LogP contribution in [0.15, 0.2) is 12.1 Å². The summed E-state index contributed by atoms with van der Waals surface area (Å²) in [7, 11) is 0. The molecule has 1 aliphatic heterocycles. The fourth-order valence-electron chi connectivity index (χ4n) is 1.79. The van der Waals surface area contributed by atoms with Gasteiger partial charge in [0.05, 0.1) is 12.2 Å². The Hall–Kier alpha value is -1.16. The van der Waals surface area contributed by atoms with Gasteiger partial charge in [-0.15, -0.1) is 10.2 Å². The molecular formula is C10H14N3O. The zero-order valence-electron chi connectivity index (χ0n) is 8.47. The molecule has 2 heterocycles. The lowest BCUT2D eigenvalue weighted by Gasteiger charge is -2.35. The predicted octanol–water partition coefficient (Wildman–Crippen LogP) is 0.890. The van der Waals surface area contributed by atoms with Gasteiger partial charge in [0.1, 0.15) is 6.20 Å². The second-order valence-corrected chi connectivity index (χ2v) is 3.68. The lowest BCUT2D eigenvalue weighted by molar-refractivity contribution is -0.00550. The molecule has 2 atom stereocenters. The standard InChI is InChI=1S/C10H14N3O/c1-8-6-13(7-9(2)14-8)10-4-3-5-11-12-10/h3-4,8-9H,6-7H2,1-2H3. The summed E-state index contributed by atoms with van der Waals surface area (Å²) < 4.78 is 5.64. The predicted molar refractivity (Wildman–Crippen MR) is 53.1 cm³/mol. The molecule has 4 nitrogen and oxygen atoms in total. The first-order valence-corrected chi connectivity index (χ1v) is 4.86. The van der Waals surface area contributed by atoms with Gasteiger partial charge in [0.15, 0.2) is 5.82 Å². The normalized spacial score (nSPS) is 27.7. The van der Waals surface area contributed by atoms with Crippen molar-refractivity contribution in [3.63, 3.8) is 0 Å². The average Bonchev–Trinajstić information content (AvgIpc) is 2.18. The van der Waals surface area contributed by atoms with E-state index in [9.17, 15) is 0 Å². The molecule has 1 aliphatic rings. The summed E-state index contributed by atoms with van der Waals surface area (Å²) in [5.74, 6) is 0.908. The van der Waals surface area contributed by atoms with Crippen LogP contribution in [-0.4, -0.2) is 35.5 Å². The van der Waals surface area contributed by atoms with E-state index in [4.69, 9.17) is 4.74 Å². The first-order valence-electron chi connectivity index (χ1n) is 4.86. The zero-order chi connectivity index (χ0) is 9.97. The average molecular weight is 192 g/mol. The summed E-state index contributed by atoms with van der Waals surface area (Å²) in [6.45, 7) is 5.91. The van der Waals surface area contributed by atoms with E-state index < -0.39 is 0 Å². The van der Waals surface area contributed by atoms with E-state index in [-0.39, 0.29) is 12.2 Å². The summed E-state index contributed by atoms with van der Waals surface area (Å²) in [6.07, 6.45) is 3.18. The van der Waals surface area contributed by atoms with Gasteiger partial charge in [-0.3, -0.25) is 0 Å². The van der Waals surface area contributed by atoms with Crippen LogP contribution in [0.3, 0.4) is 0 Å². The molecule has 0 spiro atoms. The molecule has 0 amide bonds. The molecule has 1 fully saturated rings. The molecule has 2 rings (SSSR count). The van der Waals surface area contributed by atoms with Crippen LogP contribution in [0.25, 0.3) is 0 Å². The van der Waals surface area contributed by atoms with Crippen molar-refractivity contribution >= 4 is 5.82 Å². The van der Waals surface area contributed by atoms with Gasteiger partial charge in [0.2, 0.25) is 0 Å². The van der Waals surface area contributed by atoms with Crippen LogP contribution in [0.4, 0.5) is 5.82 Å². The van der Waals surface area contributed by atoms with Gasteiger partial charge in [0, 0.05) is 13.1 Å². The third-order valence-corrected chi connectivity index (χ3v) is 2.26. The molecule has 4 heteroatoms. The van der Waals surface area contributed by atoms with E-state index in [2.05, 4.69) is 35.1 Å². The summed E-state index contributed by atoms with van der Waals surface area (Å²) >= 11 is 0. The number of hydrogen-bond donors (Lipinski definition) is 0. The highest BCUT2D eigenvalue weighted by atomic mass is 16.5. The maximum Gasteiger partial charge on any atom is 0.151 e. The molecule has 0 saturated carbocycles. The van der Waals surface area contributed by atoms with Crippen molar-refractivity contribution in [1.82, 2.24) is 10.2 Å². The van der Waals surface area contributed by atoms with Gasteiger partial charge >= 0.3 is 0 Å². The molecule has 75 valence electrons. The van der Waals surface area contributed by atoms with Crippen LogP contribution in [0, 0.1) is 6.20 Å². The maximum atomic E-state index is 5.64. The van der Waals surface area contributed by atoms with Gasteiger partial charge in [0.25, 0.3) is 0 Å². The topological polar surface area (TPSA) is 38.2 Å². The Morgan fingerprint density at radius 2 is 2.14 bits per heavy atom. The van der Waals surface area contributed by atoms with Crippen LogP contribution in [0.5, 0.6) is 0 Å². The van der Waals surface area contributed by atoms with Gasteiger partial charge in [-0.1, -0.05) is 0 Å². The highest BCUT2D eigenvalue weighted by molar-refractivity contribution is 5.37. The van der Waals surface area contributed by atoms with Crippen molar-refractivity contribution in [1.29, 1.82) is 0 Å². The van der Waals surface area contributed by atoms with E-state index in [0.29, 0.717) is 0 Å². The lowest BCUT2D eigenvalue weighted by Crippen LogP contribution is -2.45. The molecule has 1 aromatic heterocycles. The van der Waals surface area contributed by atoms with Crippen LogP contribution in [0.2, 0.25) is 0 Å². The fourth-order valence-corrected chi connectivity index (χ4v) is 1.79. The third-order valence-electron chi connectivity index (χ3n) is 2.26. The first kappa shape index (κ1) is 9.40. The molecule has 2 unspecified atom stereocenters. The molecule has 0 bridgehead atoms. The third kappa shape index (κ3) is 2.01. The lowest BCUT2D eigenvalue weighted by atomic mass is 10.2. The Labute approximate surface area is 83.9 Å². The van der Waals surface area contributed by atoms with E-state index in [1.165, 1.54) is 0 Å². The number of ether oxygens (including phenoxy) is 1. The maximum absolute atomic E-state index is 5.64. The highest BCUT2D eigenvalue weighted by Crippen LogP contribution is 2.16. The quantitative estimate of drug-likeness (QED) is 0.662. The van der Waals surface area contributed by atoms with Gasteiger partial charge in [-0.25, -0.2) is 0 Å². The smallest absolute Gasteiger partial charge is 0.151 e. The monoisotopic (exact) mass is 192 g/mol. The Morgan fingerprint density at radius 1 is 1.43 bits per heavy atom. The number of aromatic nitrogens is 2. The van der Waals surface area contributed by atoms with E-state index in [1.807, 2.05) is 6.07 Å². The largest absolute Gasteiger partial charge is 0.372 e. The van der Waals surface area contributed by atoms with Gasteiger partial charge in [-0.2, -0.15) is 0 Å². The minimum atomic E-state index is 0.254. The van der Waals surface area contributed by atoms with E-state index in [0.717, 1.165) is 18.9 Å². The first-order chi connectivity index (χ1) is 6.75. The second kappa shape index (κ2) is 3.92. The Bertz CT molecular complexity index is 281. The minimum Gasteiger partial charge on any atom is -0.372 e. The molecule has 0 aliphatic carbocycles. The van der Waals surface area contributed by atoms with Crippen molar-refractivity contribution in [2.75, 3.05) is 18.0 Å². The highest BCUT2D eigenvalue weighted by Gasteiger charge is 2.22. The van der Waals surface area contributed by atoms with Crippen LogP contribution in [-0.2, 0) is 4.74 Å². The van der Waals surface area contributed by atoms with Crippen LogP contribution in [0.1, 0.15) is 13.8 Å². The summed E-state index contributed by atoms with van der Waals surface area (Å²) in [5, 5.41) is 7.79. The van der Waals surface area contributed by atoms with E-state index >= 15 is 0 Å². The SMILES string of the molecule is CC1CN(c2cc[c]nn2)CC(C)O1. The van der Waals surface area contributed by atoms with Gasteiger partial charge in [-0.05, 0) is 26.0 Å². The molecule has 0 N–H and O–H groups in total. The molecular weight excluding hydrogens is 178 g/mol. The van der Waals surface area contributed by atoms with Crippen molar-refractivity contribution in [3.8, 4) is 0 Å². The van der Waals surface area contributed by atoms with Crippen molar-refractivity contribution in [2.24, 2.45) is 0 Å². The Balaban J connectivity index is 2.11. The van der Waals surface area contributed by atoms with Gasteiger partial charge < -0.3 is 9.64 Å². The van der Waals surface area contributed by atoms with Crippen LogP contribution < -0.4 is 4.90 Å². The second-order valence-electron chi connectivity index (χ2n) is 3.68. The molecule has 14 heavy (non-hydrogen) atoms. The van der Waals surface area contributed by atoms with Crippen molar-refractivity contribution in [3.05, 3.63) is 18.3 Å². The van der Waals surface area contributed by atoms with Crippen molar-refractivity contribution in [2.45, 2.75) is 26.1 Å². The summed E-state index contributed by atoms with van der Waals surface area (Å²) in [4.78, 5) is 2.19. The van der Waals surface area contributed by atoms with E-state index in [1.54, 1.807) is 6.07 Å². The van der Waals surface area contributed by atoms with Crippen LogP contribution >= 0.6 is 0 Å². The molecule has 1 aromatic rings. The number of anilines is 1. The Kier molecular flexibility index (Phi) is 2.63. The zero-order valence-corrected chi connectivity index (χ0v) is 8.47. The summed E-state index contributed by atoms with van der Waals surface area (Å²) in [5.41, 5.74) is 0. The number of rotatable bonds is 1. The summed E-state index contributed by atoms with van der Waals surface area (Å²) in [6, 6.07) is 3.71. The Morgan fingerprint density at radius 3 is 2.71 bits per heavy atom. The van der Waals surface area contributed by atoms with Crippen molar-refractivity contribution < 1.29 is 4.74 Å². The minimum absolute atomic E-state index is 0.254. The molecule has 1 saturated heterocycles. The number of hydrogen-bond acceptors (Lipinski definition) is 4. The number of morpholine rings is 1. The number of nitrogens with zero attached hydrogens (tertiary/aromatic N) is 3. The molecule has 1 radical (unpaired) electrons.